The first-order valence-electron chi connectivity index (χ1n) is 6.07. The van der Waals surface area contributed by atoms with Gasteiger partial charge >= 0.3 is 0 Å². The van der Waals surface area contributed by atoms with Gasteiger partial charge in [-0.1, -0.05) is 50.1 Å². The van der Waals surface area contributed by atoms with Crippen molar-refractivity contribution in [1.82, 2.24) is 0 Å². The van der Waals surface area contributed by atoms with E-state index in [1.54, 1.807) is 0 Å². The van der Waals surface area contributed by atoms with Gasteiger partial charge in [-0.05, 0) is 6.42 Å². The van der Waals surface area contributed by atoms with Gasteiger partial charge < -0.3 is 0 Å². The van der Waals surface area contributed by atoms with Crippen molar-refractivity contribution in [3.8, 4) is 0 Å². The normalized spacial score (nSPS) is 19.1. The van der Waals surface area contributed by atoms with Crippen molar-refractivity contribution < 1.29 is 8.78 Å². The van der Waals surface area contributed by atoms with Gasteiger partial charge in [0.2, 0.25) is 6.43 Å². The lowest BCUT2D eigenvalue weighted by atomic mass is 10.2. The Morgan fingerprint density at radius 1 is 1.07 bits per heavy atom. The van der Waals surface area contributed by atoms with E-state index < -0.39 is 6.43 Å². The molecule has 14 heavy (non-hydrogen) atoms. The first kappa shape index (κ1) is 12.1. The Bertz CT molecular complexity index is 133. The molecule has 1 rings (SSSR count). The Labute approximate surface area is 88.3 Å². The van der Waals surface area contributed by atoms with Gasteiger partial charge in [0.1, 0.15) is 0 Å². The molecule has 0 aromatic rings. The van der Waals surface area contributed by atoms with Crippen LogP contribution in [0.25, 0.3) is 0 Å². The topological polar surface area (TPSA) is 0 Å². The number of rotatable bonds is 7. The van der Waals surface area contributed by atoms with Crippen LogP contribution in [0.15, 0.2) is 0 Å². The lowest BCUT2D eigenvalue weighted by molar-refractivity contribution is 0.134. The summed E-state index contributed by atoms with van der Waals surface area (Å²) in [6, 6.07) is 1.40. The third-order valence-electron chi connectivity index (χ3n) is 3.26. The van der Waals surface area contributed by atoms with E-state index >= 15 is 0 Å². The van der Waals surface area contributed by atoms with Crippen LogP contribution in [0.5, 0.6) is 0 Å². The predicted octanol–water partition coefficient (Wildman–Crippen LogP) is 3.76. The zero-order chi connectivity index (χ0) is 10.2. The molecule has 1 aliphatic carbocycles. The maximum atomic E-state index is 11.8. The minimum Gasteiger partial charge on any atom is -0.211 e. The zero-order valence-electron chi connectivity index (χ0n) is 8.98. The molecule has 0 nitrogen and oxygen atoms in total. The van der Waals surface area contributed by atoms with E-state index in [0.717, 1.165) is 18.4 Å². The molecular weight excluding hydrogens is 198 g/mol. The molecule has 0 saturated heterocycles. The summed E-state index contributed by atoms with van der Waals surface area (Å²) in [6.07, 6.45) is 6.86. The van der Waals surface area contributed by atoms with Crippen LogP contribution in [0.2, 0.25) is 11.6 Å². The Hall–Kier alpha value is 0.0769. The van der Waals surface area contributed by atoms with Crippen LogP contribution in [0.4, 0.5) is 8.78 Å². The molecule has 1 fully saturated rings. The monoisotopic (exact) mass is 220 g/mol. The molecule has 0 bridgehead atoms. The van der Waals surface area contributed by atoms with Crippen molar-refractivity contribution in [1.29, 1.82) is 0 Å². The fourth-order valence-electron chi connectivity index (χ4n) is 2.38. The minimum atomic E-state index is -2.08. The molecule has 0 unspecified atom stereocenters. The molecule has 84 valence electrons. The average molecular weight is 220 g/mol. The van der Waals surface area contributed by atoms with Gasteiger partial charge in [-0.3, -0.25) is 0 Å². The van der Waals surface area contributed by atoms with Crippen molar-refractivity contribution >= 4 is 9.52 Å². The second-order valence-electron chi connectivity index (χ2n) is 4.53. The smallest absolute Gasteiger partial charge is 0.211 e. The zero-order valence-corrected chi connectivity index (χ0v) is 10.4. The van der Waals surface area contributed by atoms with Crippen LogP contribution in [0, 0.1) is 0 Å². The van der Waals surface area contributed by atoms with Gasteiger partial charge in [0.25, 0.3) is 0 Å². The van der Waals surface area contributed by atoms with Gasteiger partial charge in [-0.2, -0.15) is 0 Å². The first-order chi connectivity index (χ1) is 6.79. The number of hydrogen-bond donors (Lipinski definition) is 0. The van der Waals surface area contributed by atoms with Crippen LogP contribution in [-0.4, -0.2) is 15.9 Å². The molecule has 0 amide bonds. The molecule has 0 atom stereocenters. The SMILES string of the molecule is FC(F)CCCCC[SiH2]C1CCCC1. The Morgan fingerprint density at radius 2 is 1.79 bits per heavy atom. The van der Waals surface area contributed by atoms with Crippen molar-refractivity contribution in [2.45, 2.75) is 69.4 Å². The second-order valence-corrected chi connectivity index (χ2v) is 6.97. The molecule has 1 saturated carbocycles. The van der Waals surface area contributed by atoms with E-state index in [1.165, 1.54) is 38.1 Å². The van der Waals surface area contributed by atoms with Crippen molar-refractivity contribution in [3.63, 3.8) is 0 Å². The highest BCUT2D eigenvalue weighted by Gasteiger charge is 2.14. The fourth-order valence-corrected chi connectivity index (χ4v) is 4.76. The van der Waals surface area contributed by atoms with E-state index in [2.05, 4.69) is 0 Å². The largest absolute Gasteiger partial charge is 0.238 e. The molecule has 3 heteroatoms. The Balaban J connectivity index is 1.79. The molecule has 0 aromatic heterocycles. The second kappa shape index (κ2) is 7.38. The van der Waals surface area contributed by atoms with E-state index in [-0.39, 0.29) is 15.9 Å². The van der Waals surface area contributed by atoms with Crippen LogP contribution < -0.4 is 0 Å². The van der Waals surface area contributed by atoms with Gasteiger partial charge in [-0.15, -0.1) is 0 Å². The number of halogens is 2. The maximum Gasteiger partial charge on any atom is 0.238 e. The third kappa shape index (κ3) is 5.73. The first-order valence-corrected chi connectivity index (χ1v) is 7.89. The van der Waals surface area contributed by atoms with Crippen LogP contribution in [0.3, 0.4) is 0 Å². The number of alkyl halides is 2. The number of hydrogen-bond acceptors (Lipinski definition) is 0. The Morgan fingerprint density at radius 3 is 2.43 bits per heavy atom. The standard InChI is InChI=1S/C11H22F2Si/c12-11(13)8-2-1-5-9-14-10-6-3-4-7-10/h10-11H,1-9,14H2. The van der Waals surface area contributed by atoms with Gasteiger partial charge in [0, 0.05) is 15.9 Å². The maximum absolute atomic E-state index is 11.8. The molecule has 0 heterocycles. The molecule has 1 aliphatic rings. The fraction of sp³-hybridized carbons (Fsp3) is 1.00. The van der Waals surface area contributed by atoms with Crippen LogP contribution in [0.1, 0.15) is 51.4 Å². The highest BCUT2D eigenvalue weighted by molar-refractivity contribution is 6.37. The summed E-state index contributed by atoms with van der Waals surface area (Å²) in [5.41, 5.74) is 1.10. The summed E-state index contributed by atoms with van der Waals surface area (Å²) in [4.78, 5) is 0. The third-order valence-corrected chi connectivity index (χ3v) is 5.80. The number of unbranched alkanes of at least 4 members (excludes halogenated alkanes) is 2. The molecule has 0 aliphatic heterocycles. The van der Waals surface area contributed by atoms with E-state index in [1.807, 2.05) is 0 Å². The molecule has 0 aromatic carbocycles. The van der Waals surface area contributed by atoms with E-state index in [0.29, 0.717) is 0 Å². The molecular formula is C11H22F2Si. The van der Waals surface area contributed by atoms with Crippen LogP contribution >= 0.6 is 0 Å². The highest BCUT2D eigenvalue weighted by atomic mass is 28.2. The van der Waals surface area contributed by atoms with Crippen LogP contribution in [-0.2, 0) is 0 Å². The summed E-state index contributed by atoms with van der Waals surface area (Å²) in [6.45, 7) is 0. The predicted molar refractivity (Wildman–Crippen MR) is 60.0 cm³/mol. The van der Waals surface area contributed by atoms with Crippen molar-refractivity contribution in [3.05, 3.63) is 0 Å². The van der Waals surface area contributed by atoms with E-state index in [4.69, 9.17) is 0 Å². The van der Waals surface area contributed by atoms with Gasteiger partial charge in [-0.25, -0.2) is 8.78 Å². The quantitative estimate of drug-likeness (QED) is 0.453. The summed E-state index contributed by atoms with van der Waals surface area (Å²) in [7, 11) is 0.153. The minimum absolute atomic E-state index is 0.116. The summed E-state index contributed by atoms with van der Waals surface area (Å²) in [5, 5.41) is 0. The highest BCUT2D eigenvalue weighted by Crippen LogP contribution is 2.30. The van der Waals surface area contributed by atoms with Crippen molar-refractivity contribution in [2.75, 3.05) is 0 Å². The van der Waals surface area contributed by atoms with E-state index in [9.17, 15) is 8.78 Å². The average Bonchev–Trinajstić information content (AvgIpc) is 2.63. The van der Waals surface area contributed by atoms with Gasteiger partial charge in [0.05, 0.1) is 0 Å². The Kier molecular flexibility index (Phi) is 6.40. The van der Waals surface area contributed by atoms with Gasteiger partial charge in [0.15, 0.2) is 0 Å². The molecule has 0 N–H and O–H groups in total. The lowest BCUT2D eigenvalue weighted by Gasteiger charge is -2.06. The summed E-state index contributed by atoms with van der Waals surface area (Å²) < 4.78 is 23.6. The molecule has 0 radical (unpaired) electrons. The summed E-state index contributed by atoms with van der Waals surface area (Å²) in [5.74, 6) is 0. The lowest BCUT2D eigenvalue weighted by Crippen LogP contribution is -1.98. The summed E-state index contributed by atoms with van der Waals surface area (Å²) >= 11 is 0. The molecule has 0 spiro atoms. The van der Waals surface area contributed by atoms with Crippen molar-refractivity contribution in [2.24, 2.45) is 0 Å².